The molecular formula is C20H15NO3. The smallest absolute Gasteiger partial charge is 0.308 e. The van der Waals surface area contributed by atoms with Gasteiger partial charge in [0.2, 0.25) is 0 Å². The number of esters is 1. The lowest BCUT2D eigenvalue weighted by atomic mass is 9.98. The van der Waals surface area contributed by atoms with Gasteiger partial charge in [0.15, 0.2) is 0 Å². The van der Waals surface area contributed by atoms with Crippen molar-refractivity contribution in [1.82, 2.24) is 4.98 Å². The van der Waals surface area contributed by atoms with Crippen molar-refractivity contribution < 1.29 is 14.3 Å². The first-order chi connectivity index (χ1) is 11.7. The van der Waals surface area contributed by atoms with Crippen molar-refractivity contribution >= 4 is 38.4 Å². The van der Waals surface area contributed by atoms with E-state index in [2.05, 4.69) is 4.98 Å². The second-order valence-corrected chi connectivity index (χ2v) is 5.62. The normalized spacial score (nSPS) is 11.1. The maximum atomic E-state index is 11.5. The van der Waals surface area contributed by atoms with E-state index in [0.717, 1.165) is 38.2 Å². The Labute approximate surface area is 138 Å². The Bertz CT molecular complexity index is 1100. The third-order valence-electron chi connectivity index (χ3n) is 4.11. The molecule has 0 saturated heterocycles. The van der Waals surface area contributed by atoms with E-state index in [4.69, 9.17) is 9.47 Å². The minimum absolute atomic E-state index is 0.350. The largest absolute Gasteiger partial charge is 0.497 e. The average Bonchev–Trinajstić information content (AvgIpc) is 2.60. The summed E-state index contributed by atoms with van der Waals surface area (Å²) in [6.45, 7) is 1.40. The van der Waals surface area contributed by atoms with E-state index in [1.807, 2.05) is 48.5 Å². The first-order valence-corrected chi connectivity index (χ1v) is 7.64. The van der Waals surface area contributed by atoms with Crippen LogP contribution in [0, 0.1) is 0 Å². The highest BCUT2D eigenvalue weighted by Gasteiger charge is 2.13. The zero-order chi connectivity index (χ0) is 16.7. The first-order valence-electron chi connectivity index (χ1n) is 7.64. The first kappa shape index (κ1) is 14.5. The second-order valence-electron chi connectivity index (χ2n) is 5.62. The summed E-state index contributed by atoms with van der Waals surface area (Å²) < 4.78 is 10.8. The van der Waals surface area contributed by atoms with Crippen LogP contribution in [0.3, 0.4) is 0 Å². The highest BCUT2D eigenvalue weighted by molar-refractivity contribution is 6.21. The summed E-state index contributed by atoms with van der Waals surface area (Å²) in [5, 5.41) is 4.86. The molecule has 0 N–H and O–H groups in total. The molecule has 1 aromatic heterocycles. The van der Waals surface area contributed by atoms with Crippen LogP contribution in [-0.4, -0.2) is 18.1 Å². The lowest BCUT2D eigenvalue weighted by Crippen LogP contribution is -2.02. The van der Waals surface area contributed by atoms with Crippen molar-refractivity contribution in [1.29, 1.82) is 0 Å². The van der Waals surface area contributed by atoms with Gasteiger partial charge in [0.25, 0.3) is 0 Å². The van der Waals surface area contributed by atoms with Gasteiger partial charge in [-0.3, -0.25) is 9.78 Å². The molecular weight excluding hydrogens is 302 g/mol. The van der Waals surface area contributed by atoms with E-state index >= 15 is 0 Å². The van der Waals surface area contributed by atoms with Crippen LogP contribution >= 0.6 is 0 Å². The summed E-state index contributed by atoms with van der Waals surface area (Å²) in [5.74, 6) is 0.954. The topological polar surface area (TPSA) is 48.4 Å². The number of pyridine rings is 1. The molecule has 0 fully saturated rings. The highest BCUT2D eigenvalue weighted by Crippen LogP contribution is 2.38. The Morgan fingerprint density at radius 3 is 2.62 bits per heavy atom. The molecule has 0 aliphatic carbocycles. The minimum Gasteiger partial charge on any atom is -0.497 e. The van der Waals surface area contributed by atoms with E-state index in [9.17, 15) is 4.79 Å². The Balaban J connectivity index is 2.23. The number of carbonyl (C=O) groups is 1. The van der Waals surface area contributed by atoms with E-state index in [0.29, 0.717) is 5.75 Å². The van der Waals surface area contributed by atoms with Gasteiger partial charge >= 0.3 is 5.97 Å². The number of rotatable bonds is 2. The number of fused-ring (bicyclic) bond motifs is 5. The molecule has 0 radical (unpaired) electrons. The fraction of sp³-hybridized carbons (Fsp3) is 0.100. The number of benzene rings is 3. The van der Waals surface area contributed by atoms with Crippen LogP contribution in [-0.2, 0) is 4.79 Å². The summed E-state index contributed by atoms with van der Waals surface area (Å²) in [6, 6.07) is 15.7. The van der Waals surface area contributed by atoms with Crippen molar-refractivity contribution in [2.24, 2.45) is 0 Å². The lowest BCUT2D eigenvalue weighted by Gasteiger charge is -2.13. The van der Waals surface area contributed by atoms with Crippen LogP contribution in [0.4, 0.5) is 0 Å². The van der Waals surface area contributed by atoms with Gasteiger partial charge in [0.1, 0.15) is 11.5 Å². The molecule has 0 atom stereocenters. The number of hydrogen-bond acceptors (Lipinski definition) is 4. The molecule has 24 heavy (non-hydrogen) atoms. The standard InChI is InChI=1S/C20H15NO3/c1-12(22)24-19-9-13-7-8-14(23-2)10-16(13)20-15-5-3-4-6-18(15)21-11-17(19)20/h3-11H,1-2H3. The molecule has 0 bridgehead atoms. The molecule has 4 rings (SSSR count). The summed E-state index contributed by atoms with van der Waals surface area (Å²) in [4.78, 5) is 16.0. The van der Waals surface area contributed by atoms with Gasteiger partial charge in [0, 0.05) is 29.3 Å². The third kappa shape index (κ3) is 2.24. The van der Waals surface area contributed by atoms with Crippen molar-refractivity contribution in [2.75, 3.05) is 7.11 Å². The second kappa shape index (κ2) is 5.49. The van der Waals surface area contributed by atoms with E-state index in [-0.39, 0.29) is 5.97 Å². The summed E-state index contributed by atoms with van der Waals surface area (Å²) in [7, 11) is 1.65. The van der Waals surface area contributed by atoms with Gasteiger partial charge in [-0.1, -0.05) is 24.3 Å². The van der Waals surface area contributed by atoms with Crippen molar-refractivity contribution in [3.63, 3.8) is 0 Å². The molecule has 118 valence electrons. The monoisotopic (exact) mass is 317 g/mol. The van der Waals surface area contributed by atoms with Gasteiger partial charge < -0.3 is 9.47 Å². The number of carbonyl (C=O) groups excluding carboxylic acids is 1. The number of ether oxygens (including phenoxy) is 2. The zero-order valence-corrected chi connectivity index (χ0v) is 13.4. The number of nitrogens with zero attached hydrogens (tertiary/aromatic N) is 1. The number of aromatic nitrogens is 1. The molecule has 4 aromatic rings. The number of methoxy groups -OCH3 is 1. The van der Waals surface area contributed by atoms with E-state index in [1.165, 1.54) is 6.92 Å². The Hall–Kier alpha value is -3.14. The maximum absolute atomic E-state index is 11.5. The van der Waals surface area contributed by atoms with Crippen LogP contribution in [0.15, 0.2) is 54.7 Å². The van der Waals surface area contributed by atoms with Crippen LogP contribution in [0.2, 0.25) is 0 Å². The van der Waals surface area contributed by atoms with Gasteiger partial charge in [-0.05, 0) is 35.0 Å². The molecule has 0 saturated carbocycles. The van der Waals surface area contributed by atoms with Crippen molar-refractivity contribution in [3.8, 4) is 11.5 Å². The van der Waals surface area contributed by atoms with E-state index in [1.54, 1.807) is 13.3 Å². The molecule has 0 aliphatic heterocycles. The minimum atomic E-state index is -0.350. The Morgan fingerprint density at radius 2 is 1.83 bits per heavy atom. The SMILES string of the molecule is COc1ccc2cc(OC(C)=O)c3cnc4ccccc4c3c2c1. The Morgan fingerprint density at radius 1 is 1.00 bits per heavy atom. The molecule has 1 heterocycles. The number of para-hydroxylation sites is 1. The molecule has 0 spiro atoms. The fourth-order valence-corrected chi connectivity index (χ4v) is 3.08. The third-order valence-corrected chi connectivity index (χ3v) is 4.11. The number of hydrogen-bond donors (Lipinski definition) is 0. The van der Waals surface area contributed by atoms with Crippen LogP contribution < -0.4 is 9.47 Å². The van der Waals surface area contributed by atoms with Gasteiger partial charge in [-0.15, -0.1) is 0 Å². The molecule has 4 nitrogen and oxygen atoms in total. The maximum Gasteiger partial charge on any atom is 0.308 e. The van der Waals surface area contributed by atoms with Gasteiger partial charge in [0.05, 0.1) is 12.6 Å². The van der Waals surface area contributed by atoms with Crippen molar-refractivity contribution in [3.05, 3.63) is 54.7 Å². The lowest BCUT2D eigenvalue weighted by molar-refractivity contribution is -0.131. The van der Waals surface area contributed by atoms with Gasteiger partial charge in [-0.2, -0.15) is 0 Å². The Kier molecular flexibility index (Phi) is 3.31. The highest BCUT2D eigenvalue weighted by atomic mass is 16.5. The van der Waals surface area contributed by atoms with Crippen molar-refractivity contribution in [2.45, 2.75) is 6.92 Å². The molecule has 0 aliphatic rings. The van der Waals surface area contributed by atoms with Gasteiger partial charge in [-0.25, -0.2) is 0 Å². The molecule has 0 unspecified atom stereocenters. The predicted molar refractivity (Wildman–Crippen MR) is 94.6 cm³/mol. The molecule has 4 heteroatoms. The van der Waals surface area contributed by atoms with Crippen LogP contribution in [0.1, 0.15) is 6.92 Å². The molecule has 3 aromatic carbocycles. The summed E-state index contributed by atoms with van der Waals surface area (Å²) in [6.07, 6.45) is 1.76. The van der Waals surface area contributed by atoms with Crippen LogP contribution in [0.5, 0.6) is 11.5 Å². The predicted octanol–water partition coefficient (Wildman–Crippen LogP) is 4.48. The fourth-order valence-electron chi connectivity index (χ4n) is 3.08. The summed E-state index contributed by atoms with van der Waals surface area (Å²) in [5.41, 5.74) is 0.897. The zero-order valence-electron chi connectivity index (χ0n) is 13.4. The average molecular weight is 317 g/mol. The van der Waals surface area contributed by atoms with E-state index < -0.39 is 0 Å². The quantitative estimate of drug-likeness (QED) is 0.311. The van der Waals surface area contributed by atoms with Crippen LogP contribution in [0.25, 0.3) is 32.4 Å². The molecule has 0 amide bonds. The summed E-state index contributed by atoms with van der Waals surface area (Å²) >= 11 is 0.